The molecule has 0 heterocycles. The lowest BCUT2D eigenvalue weighted by Gasteiger charge is -2.07. The van der Waals surface area contributed by atoms with E-state index in [-0.39, 0.29) is 24.7 Å². The molecule has 7 heteroatoms. The van der Waals surface area contributed by atoms with Gasteiger partial charge in [-0.25, -0.2) is 4.79 Å². The summed E-state index contributed by atoms with van der Waals surface area (Å²) in [6, 6.07) is 13.2. The first-order valence-corrected chi connectivity index (χ1v) is 7.12. The second-order valence-corrected chi connectivity index (χ2v) is 5.22. The number of halogens is 1. The molecule has 0 aromatic heterocycles. The molecule has 114 valence electrons. The van der Waals surface area contributed by atoms with Gasteiger partial charge in [0, 0.05) is 10.5 Å². The van der Waals surface area contributed by atoms with E-state index in [4.69, 9.17) is 9.47 Å². The number of hydrogen-bond acceptors (Lipinski definition) is 5. The van der Waals surface area contributed by atoms with Crippen LogP contribution < -0.4 is 4.74 Å². The van der Waals surface area contributed by atoms with E-state index in [1.54, 1.807) is 6.07 Å². The summed E-state index contributed by atoms with van der Waals surface area (Å²) >= 11 is 3.31. The van der Waals surface area contributed by atoms with Gasteiger partial charge in [-0.15, -0.1) is 0 Å². The summed E-state index contributed by atoms with van der Waals surface area (Å²) in [4.78, 5) is 21.9. The molecule has 0 N–H and O–H groups in total. The van der Waals surface area contributed by atoms with E-state index in [9.17, 15) is 14.9 Å². The number of nitro benzene ring substituents is 1. The maximum absolute atomic E-state index is 11.6. The van der Waals surface area contributed by atoms with Crippen molar-refractivity contribution in [3.63, 3.8) is 0 Å². The number of benzene rings is 2. The zero-order valence-corrected chi connectivity index (χ0v) is 13.0. The average molecular weight is 366 g/mol. The van der Waals surface area contributed by atoms with Gasteiger partial charge in [-0.3, -0.25) is 10.1 Å². The van der Waals surface area contributed by atoms with Crippen LogP contribution in [0.3, 0.4) is 0 Å². The molecule has 6 nitrogen and oxygen atoms in total. The van der Waals surface area contributed by atoms with Crippen LogP contribution in [0.2, 0.25) is 0 Å². The van der Waals surface area contributed by atoms with Gasteiger partial charge in [-0.2, -0.15) is 0 Å². The SMILES string of the molecule is O=C(COc1ccccc1[N+](=O)[O-])OCc1ccc(Br)cc1. The molecule has 0 radical (unpaired) electrons. The van der Waals surface area contributed by atoms with Crippen LogP contribution in [0.4, 0.5) is 5.69 Å². The minimum absolute atomic E-state index is 0.0353. The molecule has 0 saturated heterocycles. The fourth-order valence-corrected chi connectivity index (χ4v) is 1.92. The predicted molar refractivity (Wildman–Crippen MR) is 82.5 cm³/mol. The first kappa shape index (κ1) is 16.0. The fraction of sp³-hybridized carbons (Fsp3) is 0.133. The highest BCUT2D eigenvalue weighted by molar-refractivity contribution is 9.10. The van der Waals surface area contributed by atoms with Gasteiger partial charge < -0.3 is 9.47 Å². The summed E-state index contributed by atoms with van der Waals surface area (Å²) in [5, 5.41) is 10.8. The van der Waals surface area contributed by atoms with Gasteiger partial charge in [0.25, 0.3) is 0 Å². The molecule has 0 spiro atoms. The summed E-state index contributed by atoms with van der Waals surface area (Å²) in [6.07, 6.45) is 0. The fourth-order valence-electron chi connectivity index (χ4n) is 1.65. The summed E-state index contributed by atoms with van der Waals surface area (Å²) < 4.78 is 11.1. The van der Waals surface area contributed by atoms with Crippen LogP contribution in [0.1, 0.15) is 5.56 Å². The van der Waals surface area contributed by atoms with Crippen molar-refractivity contribution >= 4 is 27.6 Å². The number of nitro groups is 1. The Morgan fingerprint density at radius 3 is 2.50 bits per heavy atom. The van der Waals surface area contributed by atoms with Crippen molar-refractivity contribution in [2.75, 3.05) is 6.61 Å². The number of hydrogen-bond donors (Lipinski definition) is 0. The Morgan fingerprint density at radius 2 is 1.82 bits per heavy atom. The van der Waals surface area contributed by atoms with E-state index in [2.05, 4.69) is 15.9 Å². The highest BCUT2D eigenvalue weighted by atomic mass is 79.9. The Hall–Kier alpha value is -2.41. The van der Waals surface area contributed by atoms with Crippen LogP contribution in [0, 0.1) is 10.1 Å². The van der Waals surface area contributed by atoms with Crippen molar-refractivity contribution in [3.8, 4) is 5.75 Å². The number of rotatable bonds is 6. The molecule has 0 fully saturated rings. The van der Waals surface area contributed by atoms with Gasteiger partial charge >= 0.3 is 11.7 Å². The lowest BCUT2D eigenvalue weighted by Crippen LogP contribution is -2.15. The van der Waals surface area contributed by atoms with Crippen molar-refractivity contribution in [2.45, 2.75) is 6.61 Å². The normalized spacial score (nSPS) is 10.0. The molecule has 0 bridgehead atoms. The average Bonchev–Trinajstić information content (AvgIpc) is 2.52. The molecule has 0 unspecified atom stereocenters. The zero-order valence-electron chi connectivity index (χ0n) is 11.4. The monoisotopic (exact) mass is 365 g/mol. The van der Waals surface area contributed by atoms with Crippen LogP contribution in [-0.2, 0) is 16.1 Å². The summed E-state index contributed by atoms with van der Waals surface area (Å²) in [5.74, 6) is -0.561. The molecule has 0 amide bonds. The summed E-state index contributed by atoms with van der Waals surface area (Å²) in [5.41, 5.74) is 0.644. The second-order valence-electron chi connectivity index (χ2n) is 4.30. The van der Waals surface area contributed by atoms with E-state index >= 15 is 0 Å². The van der Waals surface area contributed by atoms with E-state index < -0.39 is 10.9 Å². The van der Waals surface area contributed by atoms with Crippen molar-refractivity contribution in [1.82, 2.24) is 0 Å². The number of ether oxygens (including phenoxy) is 2. The van der Waals surface area contributed by atoms with E-state index in [0.717, 1.165) is 10.0 Å². The molecule has 0 atom stereocenters. The minimum atomic E-state index is -0.596. The molecule has 2 aromatic rings. The number of esters is 1. The van der Waals surface area contributed by atoms with E-state index in [1.807, 2.05) is 24.3 Å². The maximum Gasteiger partial charge on any atom is 0.344 e. The van der Waals surface area contributed by atoms with Crippen molar-refractivity contribution in [2.24, 2.45) is 0 Å². The number of para-hydroxylation sites is 2. The molecule has 0 saturated carbocycles. The van der Waals surface area contributed by atoms with Gasteiger partial charge in [-0.05, 0) is 23.8 Å². The Labute approximate surface area is 134 Å². The Bertz CT molecular complexity index is 672. The maximum atomic E-state index is 11.6. The smallest absolute Gasteiger partial charge is 0.344 e. The van der Waals surface area contributed by atoms with E-state index in [1.165, 1.54) is 18.2 Å². The first-order valence-electron chi connectivity index (χ1n) is 6.32. The molecule has 0 aliphatic rings. The highest BCUT2D eigenvalue weighted by Gasteiger charge is 2.15. The number of nitrogens with zero attached hydrogens (tertiary/aromatic N) is 1. The van der Waals surface area contributed by atoms with Crippen LogP contribution in [0.25, 0.3) is 0 Å². The molecule has 2 aromatic carbocycles. The van der Waals surface area contributed by atoms with Gasteiger partial charge in [0.05, 0.1) is 4.92 Å². The summed E-state index contributed by atoms with van der Waals surface area (Å²) in [6.45, 7) is -0.270. The van der Waals surface area contributed by atoms with Crippen LogP contribution in [0.15, 0.2) is 53.0 Å². The first-order chi connectivity index (χ1) is 10.6. The van der Waals surface area contributed by atoms with Crippen molar-refractivity contribution in [1.29, 1.82) is 0 Å². The van der Waals surface area contributed by atoms with E-state index in [0.29, 0.717) is 0 Å². The zero-order chi connectivity index (χ0) is 15.9. The lowest BCUT2D eigenvalue weighted by atomic mass is 10.2. The van der Waals surface area contributed by atoms with Gasteiger partial charge in [-0.1, -0.05) is 40.2 Å². The third kappa shape index (κ3) is 4.56. The second kappa shape index (κ2) is 7.56. The standard InChI is InChI=1S/C15H12BrNO5/c16-12-7-5-11(6-8-12)9-22-15(18)10-21-14-4-2-1-3-13(14)17(19)20/h1-8H,9-10H2. The molecule has 0 aliphatic carbocycles. The number of carbonyl (C=O) groups excluding carboxylic acids is 1. The molecular formula is C15H12BrNO5. The van der Waals surface area contributed by atoms with Gasteiger partial charge in [0.2, 0.25) is 0 Å². The predicted octanol–water partition coefficient (Wildman–Crippen LogP) is 3.48. The lowest BCUT2D eigenvalue weighted by molar-refractivity contribution is -0.385. The van der Waals surface area contributed by atoms with Gasteiger partial charge in [0.15, 0.2) is 12.4 Å². The molecule has 22 heavy (non-hydrogen) atoms. The number of carbonyl (C=O) groups is 1. The Kier molecular flexibility index (Phi) is 5.48. The Morgan fingerprint density at radius 1 is 1.14 bits per heavy atom. The minimum Gasteiger partial charge on any atom is -0.475 e. The quantitative estimate of drug-likeness (QED) is 0.444. The summed E-state index contributed by atoms with van der Waals surface area (Å²) in [7, 11) is 0. The van der Waals surface area contributed by atoms with Crippen LogP contribution in [-0.4, -0.2) is 17.5 Å². The van der Waals surface area contributed by atoms with Crippen molar-refractivity contribution in [3.05, 3.63) is 68.7 Å². The van der Waals surface area contributed by atoms with Crippen LogP contribution >= 0.6 is 15.9 Å². The largest absolute Gasteiger partial charge is 0.475 e. The van der Waals surface area contributed by atoms with Crippen LogP contribution in [0.5, 0.6) is 5.75 Å². The topological polar surface area (TPSA) is 78.7 Å². The molecule has 2 rings (SSSR count). The van der Waals surface area contributed by atoms with Crippen molar-refractivity contribution < 1.29 is 19.2 Å². The third-order valence-corrected chi connectivity index (χ3v) is 3.25. The molecule has 0 aliphatic heterocycles. The highest BCUT2D eigenvalue weighted by Crippen LogP contribution is 2.25. The Balaban J connectivity index is 1.85. The van der Waals surface area contributed by atoms with Gasteiger partial charge in [0.1, 0.15) is 6.61 Å². The third-order valence-electron chi connectivity index (χ3n) is 2.72. The molecular weight excluding hydrogens is 354 g/mol.